The Labute approximate surface area is 131 Å². The summed E-state index contributed by atoms with van der Waals surface area (Å²) < 4.78 is 27.1. The van der Waals surface area contributed by atoms with Gasteiger partial charge in [0.05, 0.1) is 6.26 Å². The maximum absolute atomic E-state index is 11.1. The van der Waals surface area contributed by atoms with Crippen molar-refractivity contribution in [3.05, 3.63) is 65.7 Å². The first-order valence-corrected chi connectivity index (χ1v) is 8.04. The molecule has 2 aromatic rings. The van der Waals surface area contributed by atoms with E-state index in [0.717, 1.165) is 17.4 Å². The summed E-state index contributed by atoms with van der Waals surface area (Å²) in [6, 6.07) is 16.6. The first-order chi connectivity index (χ1) is 9.44. The Kier molecular flexibility index (Phi) is 6.20. The zero-order chi connectivity index (χ0) is 14.6. The van der Waals surface area contributed by atoms with E-state index in [1.807, 2.05) is 36.4 Å². The van der Waals surface area contributed by atoms with Crippen LogP contribution in [0.4, 0.5) is 0 Å². The summed E-state index contributed by atoms with van der Waals surface area (Å²) in [4.78, 5) is 0. The molecule has 2 aromatic carbocycles. The fourth-order valence-electron chi connectivity index (χ4n) is 1.97. The van der Waals surface area contributed by atoms with Crippen molar-refractivity contribution in [3.63, 3.8) is 0 Å². The van der Waals surface area contributed by atoms with Gasteiger partial charge in [-0.25, -0.2) is 0 Å². The van der Waals surface area contributed by atoms with Crippen molar-refractivity contribution >= 4 is 22.5 Å². The standard InChI is InChI=1S/C15H17NO3S.ClH/c1-20(17,18)19-14-9-5-6-12(10-14)11-15(16)13-7-3-2-4-8-13;/h2-10,15H,11,16H2,1H3;1H. The highest BCUT2D eigenvalue weighted by Crippen LogP contribution is 2.20. The van der Waals surface area contributed by atoms with Crippen molar-refractivity contribution in [2.45, 2.75) is 12.5 Å². The Hall–Kier alpha value is -1.56. The van der Waals surface area contributed by atoms with E-state index < -0.39 is 10.1 Å². The molecule has 1 unspecified atom stereocenters. The molecule has 21 heavy (non-hydrogen) atoms. The predicted molar refractivity (Wildman–Crippen MR) is 86.2 cm³/mol. The van der Waals surface area contributed by atoms with Gasteiger partial charge < -0.3 is 9.92 Å². The second kappa shape index (κ2) is 7.45. The van der Waals surface area contributed by atoms with Crippen LogP contribution in [0, 0.1) is 0 Å². The summed E-state index contributed by atoms with van der Waals surface area (Å²) in [5, 5.41) is 0. The van der Waals surface area contributed by atoms with E-state index in [2.05, 4.69) is 0 Å². The van der Waals surface area contributed by atoms with E-state index in [1.54, 1.807) is 18.2 Å². The summed E-state index contributed by atoms with van der Waals surface area (Å²) in [6.45, 7) is 0. The third kappa shape index (κ3) is 5.75. The third-order valence-electron chi connectivity index (χ3n) is 2.83. The number of hydrogen-bond donors (Lipinski definition) is 1. The fraction of sp³-hybridized carbons (Fsp3) is 0.200. The molecule has 0 aliphatic rings. The average Bonchev–Trinajstić information content (AvgIpc) is 2.38. The maximum Gasteiger partial charge on any atom is 0.306 e. The average molecular weight is 328 g/mol. The van der Waals surface area contributed by atoms with Crippen LogP contribution in [0.2, 0.25) is 0 Å². The van der Waals surface area contributed by atoms with Gasteiger partial charge in [-0.3, -0.25) is 0 Å². The van der Waals surface area contributed by atoms with Gasteiger partial charge >= 0.3 is 10.1 Å². The molecule has 2 rings (SSSR count). The molecule has 0 radical (unpaired) electrons. The molecule has 0 saturated carbocycles. The third-order valence-corrected chi connectivity index (χ3v) is 3.32. The predicted octanol–water partition coefficient (Wildman–Crippen LogP) is 2.69. The topological polar surface area (TPSA) is 69.4 Å². The molecule has 4 nitrogen and oxygen atoms in total. The van der Waals surface area contributed by atoms with Gasteiger partial charge in [-0.2, -0.15) is 8.42 Å². The molecule has 2 N–H and O–H groups in total. The van der Waals surface area contributed by atoms with Crippen molar-refractivity contribution in [1.82, 2.24) is 0 Å². The van der Waals surface area contributed by atoms with Gasteiger partial charge in [0.2, 0.25) is 0 Å². The molecule has 1 atom stereocenters. The van der Waals surface area contributed by atoms with Gasteiger partial charge in [-0.1, -0.05) is 42.5 Å². The van der Waals surface area contributed by atoms with E-state index in [9.17, 15) is 8.42 Å². The van der Waals surface area contributed by atoms with Crippen LogP contribution in [0.5, 0.6) is 5.75 Å². The monoisotopic (exact) mass is 327 g/mol. The largest absolute Gasteiger partial charge is 0.383 e. The Morgan fingerprint density at radius 2 is 1.76 bits per heavy atom. The second-order valence-electron chi connectivity index (χ2n) is 4.66. The van der Waals surface area contributed by atoms with Gasteiger partial charge in [-0.15, -0.1) is 12.4 Å². The second-order valence-corrected chi connectivity index (χ2v) is 6.23. The van der Waals surface area contributed by atoms with E-state index in [4.69, 9.17) is 9.92 Å². The summed E-state index contributed by atoms with van der Waals surface area (Å²) in [7, 11) is -3.51. The van der Waals surface area contributed by atoms with Crippen LogP contribution in [0.25, 0.3) is 0 Å². The first-order valence-electron chi connectivity index (χ1n) is 6.23. The van der Waals surface area contributed by atoms with Gasteiger partial charge in [0.25, 0.3) is 0 Å². The van der Waals surface area contributed by atoms with Crippen LogP contribution in [-0.2, 0) is 16.5 Å². The van der Waals surface area contributed by atoms with Gasteiger partial charge in [-0.05, 0) is 29.7 Å². The Morgan fingerprint density at radius 3 is 2.38 bits per heavy atom. The van der Waals surface area contributed by atoms with Crippen LogP contribution >= 0.6 is 12.4 Å². The Balaban J connectivity index is 0.00000220. The molecule has 0 bridgehead atoms. The van der Waals surface area contributed by atoms with E-state index in [-0.39, 0.29) is 18.4 Å². The van der Waals surface area contributed by atoms with Crippen molar-refractivity contribution in [3.8, 4) is 5.75 Å². The highest BCUT2D eigenvalue weighted by atomic mass is 35.5. The summed E-state index contributed by atoms with van der Waals surface area (Å²) in [5.41, 5.74) is 8.12. The zero-order valence-corrected chi connectivity index (χ0v) is 13.2. The molecule has 0 heterocycles. The van der Waals surface area contributed by atoms with Crippen LogP contribution in [0.15, 0.2) is 54.6 Å². The Morgan fingerprint density at radius 1 is 1.10 bits per heavy atom. The van der Waals surface area contributed by atoms with Crippen LogP contribution in [0.3, 0.4) is 0 Å². The van der Waals surface area contributed by atoms with Crippen molar-refractivity contribution in [2.24, 2.45) is 5.73 Å². The smallest absolute Gasteiger partial charge is 0.306 e. The molecule has 6 heteroatoms. The molecule has 0 aliphatic heterocycles. The minimum absolute atomic E-state index is 0. The number of hydrogen-bond acceptors (Lipinski definition) is 4. The molecule has 0 aromatic heterocycles. The lowest BCUT2D eigenvalue weighted by atomic mass is 10.00. The highest BCUT2D eigenvalue weighted by Gasteiger charge is 2.09. The Bertz CT molecular complexity index is 674. The summed E-state index contributed by atoms with van der Waals surface area (Å²) in [6.07, 6.45) is 1.64. The van der Waals surface area contributed by atoms with Crippen molar-refractivity contribution < 1.29 is 12.6 Å². The van der Waals surface area contributed by atoms with E-state index in [1.165, 1.54) is 0 Å². The number of rotatable bonds is 5. The van der Waals surface area contributed by atoms with E-state index in [0.29, 0.717) is 12.2 Å². The van der Waals surface area contributed by atoms with Crippen LogP contribution in [-0.4, -0.2) is 14.7 Å². The SMILES string of the molecule is CS(=O)(=O)Oc1cccc(CC(N)c2ccccc2)c1.Cl. The van der Waals surface area contributed by atoms with Gasteiger partial charge in [0.1, 0.15) is 5.75 Å². The lowest BCUT2D eigenvalue weighted by Gasteiger charge is -2.12. The number of halogens is 1. The molecule has 114 valence electrons. The first kappa shape index (κ1) is 17.5. The lowest BCUT2D eigenvalue weighted by molar-refractivity contribution is 0.492. The maximum atomic E-state index is 11.1. The van der Waals surface area contributed by atoms with Gasteiger partial charge in [0, 0.05) is 6.04 Å². The normalized spacial score (nSPS) is 12.3. The molecule has 0 fully saturated rings. The molecule has 0 aliphatic carbocycles. The fourth-order valence-corrected chi connectivity index (χ4v) is 2.42. The van der Waals surface area contributed by atoms with E-state index >= 15 is 0 Å². The quantitative estimate of drug-likeness (QED) is 0.857. The number of nitrogens with two attached hydrogens (primary N) is 1. The number of benzene rings is 2. The molecular weight excluding hydrogens is 310 g/mol. The molecule has 0 amide bonds. The molecular formula is C15H18ClNO3S. The van der Waals surface area contributed by atoms with Gasteiger partial charge in [0.15, 0.2) is 0 Å². The summed E-state index contributed by atoms with van der Waals surface area (Å²) >= 11 is 0. The lowest BCUT2D eigenvalue weighted by Crippen LogP contribution is -2.13. The zero-order valence-electron chi connectivity index (χ0n) is 11.6. The molecule has 0 spiro atoms. The van der Waals surface area contributed by atoms with Crippen LogP contribution in [0.1, 0.15) is 17.2 Å². The van der Waals surface area contributed by atoms with Crippen LogP contribution < -0.4 is 9.92 Å². The minimum Gasteiger partial charge on any atom is -0.383 e. The van der Waals surface area contributed by atoms with Crippen molar-refractivity contribution in [2.75, 3.05) is 6.26 Å². The van der Waals surface area contributed by atoms with Crippen molar-refractivity contribution in [1.29, 1.82) is 0 Å². The molecule has 0 saturated heterocycles. The minimum atomic E-state index is -3.51. The highest BCUT2D eigenvalue weighted by molar-refractivity contribution is 7.86. The summed E-state index contributed by atoms with van der Waals surface area (Å²) in [5.74, 6) is 0.310.